The van der Waals surface area contributed by atoms with E-state index in [1.807, 2.05) is 13.8 Å². The summed E-state index contributed by atoms with van der Waals surface area (Å²) < 4.78 is 5.71. The first-order valence-corrected chi connectivity index (χ1v) is 6.26. The number of nitriles is 1. The molecule has 0 heterocycles. The highest BCUT2D eigenvalue weighted by molar-refractivity contribution is 5.07. The van der Waals surface area contributed by atoms with E-state index in [1.165, 1.54) is 12.8 Å². The molecule has 92 valence electrons. The van der Waals surface area contributed by atoms with E-state index < -0.39 is 5.54 Å². The molecule has 1 rings (SSSR count). The van der Waals surface area contributed by atoms with Crippen LogP contribution < -0.4 is 5.32 Å². The zero-order chi connectivity index (χ0) is 12.2. The van der Waals surface area contributed by atoms with Gasteiger partial charge in [0.15, 0.2) is 0 Å². The molecule has 1 N–H and O–H groups in total. The van der Waals surface area contributed by atoms with Crippen LogP contribution in [-0.2, 0) is 4.74 Å². The molecule has 3 heteroatoms. The lowest BCUT2D eigenvalue weighted by Gasteiger charge is -2.27. The fraction of sp³-hybridized carbons (Fsp3) is 0.923. The van der Waals surface area contributed by atoms with Gasteiger partial charge in [-0.1, -0.05) is 13.8 Å². The number of hydrogen-bond donors (Lipinski definition) is 1. The fourth-order valence-electron chi connectivity index (χ4n) is 1.81. The Morgan fingerprint density at radius 3 is 2.50 bits per heavy atom. The predicted octanol–water partition coefficient (Wildman–Crippen LogP) is 2.47. The smallest absolute Gasteiger partial charge is 0.106 e. The van der Waals surface area contributed by atoms with Gasteiger partial charge < -0.3 is 4.74 Å². The third-order valence-electron chi connectivity index (χ3n) is 2.76. The standard InChI is InChI=1S/C13H24N2O/c1-10(2)8-16-11(3)7-13(4,9-14)15-12-5-6-12/h10-12,15H,5-8H2,1-4H3. The number of nitrogens with zero attached hydrogens (tertiary/aromatic N) is 1. The average molecular weight is 224 g/mol. The normalized spacial score (nSPS) is 21.5. The second kappa shape index (κ2) is 5.65. The van der Waals surface area contributed by atoms with E-state index in [9.17, 15) is 5.26 Å². The highest BCUT2D eigenvalue weighted by Gasteiger charge is 2.33. The Bertz CT molecular complexity index is 255. The molecule has 2 unspecified atom stereocenters. The molecule has 0 aromatic rings. The maximum Gasteiger partial charge on any atom is 0.106 e. The Labute approximate surface area is 99.2 Å². The van der Waals surface area contributed by atoms with Gasteiger partial charge in [0.2, 0.25) is 0 Å². The molecule has 0 saturated heterocycles. The summed E-state index contributed by atoms with van der Waals surface area (Å²) in [5.41, 5.74) is -0.433. The Balaban J connectivity index is 2.33. The number of ether oxygens (including phenoxy) is 1. The molecule has 1 saturated carbocycles. The first-order chi connectivity index (χ1) is 7.45. The molecular formula is C13H24N2O. The summed E-state index contributed by atoms with van der Waals surface area (Å²) in [5, 5.41) is 12.6. The van der Waals surface area contributed by atoms with Gasteiger partial charge in [0.1, 0.15) is 5.54 Å². The minimum atomic E-state index is -0.433. The molecule has 3 nitrogen and oxygen atoms in total. The highest BCUT2D eigenvalue weighted by atomic mass is 16.5. The Morgan fingerprint density at radius 1 is 1.44 bits per heavy atom. The van der Waals surface area contributed by atoms with E-state index in [2.05, 4.69) is 25.2 Å². The van der Waals surface area contributed by atoms with Gasteiger partial charge in [-0.3, -0.25) is 5.32 Å². The Morgan fingerprint density at radius 2 is 2.06 bits per heavy atom. The van der Waals surface area contributed by atoms with E-state index in [1.54, 1.807) is 0 Å². The first-order valence-electron chi connectivity index (χ1n) is 6.26. The van der Waals surface area contributed by atoms with Gasteiger partial charge in [0.25, 0.3) is 0 Å². The molecule has 0 aliphatic heterocycles. The SMILES string of the molecule is CC(C)COC(C)CC(C)(C#N)NC1CC1. The van der Waals surface area contributed by atoms with Crippen molar-refractivity contribution in [3.8, 4) is 6.07 Å². The molecule has 0 aromatic carbocycles. The maximum atomic E-state index is 9.22. The van der Waals surface area contributed by atoms with Crippen molar-refractivity contribution in [3.05, 3.63) is 0 Å². The Kier molecular flexibility index (Phi) is 4.76. The first kappa shape index (κ1) is 13.5. The third-order valence-corrected chi connectivity index (χ3v) is 2.76. The number of hydrogen-bond acceptors (Lipinski definition) is 3. The van der Waals surface area contributed by atoms with Gasteiger partial charge >= 0.3 is 0 Å². The number of rotatable bonds is 7. The van der Waals surface area contributed by atoms with Crippen LogP contribution in [0, 0.1) is 17.2 Å². The van der Waals surface area contributed by atoms with Crippen molar-refractivity contribution in [2.45, 2.75) is 64.6 Å². The van der Waals surface area contributed by atoms with Crippen LogP contribution in [0.2, 0.25) is 0 Å². The molecule has 1 aliphatic rings. The van der Waals surface area contributed by atoms with Crippen molar-refractivity contribution in [1.29, 1.82) is 5.26 Å². The lowest BCUT2D eigenvalue weighted by Crippen LogP contribution is -2.45. The van der Waals surface area contributed by atoms with E-state index in [4.69, 9.17) is 4.74 Å². The lowest BCUT2D eigenvalue weighted by molar-refractivity contribution is 0.0313. The molecule has 0 bridgehead atoms. The second-order valence-electron chi connectivity index (χ2n) is 5.60. The lowest BCUT2D eigenvalue weighted by atomic mass is 9.96. The van der Waals surface area contributed by atoms with E-state index in [0.717, 1.165) is 13.0 Å². The van der Waals surface area contributed by atoms with Crippen molar-refractivity contribution in [3.63, 3.8) is 0 Å². The summed E-state index contributed by atoms with van der Waals surface area (Å²) in [6, 6.07) is 2.93. The molecule has 2 atom stereocenters. The average Bonchev–Trinajstić information content (AvgIpc) is 2.98. The predicted molar refractivity (Wildman–Crippen MR) is 65.0 cm³/mol. The fourth-order valence-corrected chi connectivity index (χ4v) is 1.81. The largest absolute Gasteiger partial charge is 0.378 e. The minimum absolute atomic E-state index is 0.137. The molecule has 0 amide bonds. The van der Waals surface area contributed by atoms with E-state index in [-0.39, 0.29) is 6.10 Å². The van der Waals surface area contributed by atoms with E-state index >= 15 is 0 Å². The molecular weight excluding hydrogens is 200 g/mol. The molecule has 0 spiro atoms. The van der Waals surface area contributed by atoms with Crippen molar-refractivity contribution in [2.24, 2.45) is 5.92 Å². The molecule has 1 aliphatic carbocycles. The van der Waals surface area contributed by atoms with Gasteiger partial charge in [0, 0.05) is 19.1 Å². The monoisotopic (exact) mass is 224 g/mol. The zero-order valence-electron chi connectivity index (χ0n) is 10.9. The summed E-state index contributed by atoms with van der Waals surface area (Å²) in [5.74, 6) is 0.548. The van der Waals surface area contributed by atoms with Crippen molar-refractivity contribution in [1.82, 2.24) is 5.32 Å². The zero-order valence-corrected chi connectivity index (χ0v) is 10.9. The van der Waals surface area contributed by atoms with Crippen LogP contribution in [0.3, 0.4) is 0 Å². The highest BCUT2D eigenvalue weighted by Crippen LogP contribution is 2.25. The van der Waals surface area contributed by atoms with Crippen LogP contribution in [0.25, 0.3) is 0 Å². The van der Waals surface area contributed by atoms with Crippen LogP contribution in [0.5, 0.6) is 0 Å². The third kappa shape index (κ3) is 4.96. The van der Waals surface area contributed by atoms with E-state index in [0.29, 0.717) is 12.0 Å². The quantitative estimate of drug-likeness (QED) is 0.722. The van der Waals surface area contributed by atoms with Crippen molar-refractivity contribution < 1.29 is 4.74 Å². The summed E-state index contributed by atoms with van der Waals surface area (Å²) in [4.78, 5) is 0. The summed E-state index contributed by atoms with van der Waals surface area (Å²) in [6.07, 6.45) is 3.31. The molecule has 16 heavy (non-hydrogen) atoms. The second-order valence-corrected chi connectivity index (χ2v) is 5.60. The summed E-state index contributed by atoms with van der Waals surface area (Å²) in [7, 11) is 0. The molecule has 1 fully saturated rings. The van der Waals surface area contributed by atoms with Gasteiger partial charge in [0.05, 0.1) is 12.2 Å². The van der Waals surface area contributed by atoms with Crippen LogP contribution in [0.1, 0.15) is 47.0 Å². The van der Waals surface area contributed by atoms with Crippen LogP contribution in [0.4, 0.5) is 0 Å². The minimum Gasteiger partial charge on any atom is -0.378 e. The molecule has 0 radical (unpaired) electrons. The summed E-state index contributed by atoms with van der Waals surface area (Å²) in [6.45, 7) is 9.07. The van der Waals surface area contributed by atoms with Crippen LogP contribution >= 0.6 is 0 Å². The molecule has 0 aromatic heterocycles. The van der Waals surface area contributed by atoms with Gasteiger partial charge in [-0.15, -0.1) is 0 Å². The van der Waals surface area contributed by atoms with Crippen molar-refractivity contribution >= 4 is 0 Å². The van der Waals surface area contributed by atoms with Gasteiger partial charge in [-0.2, -0.15) is 5.26 Å². The Hall–Kier alpha value is -0.590. The van der Waals surface area contributed by atoms with Gasteiger partial charge in [-0.05, 0) is 32.6 Å². The number of nitrogens with one attached hydrogen (secondary N) is 1. The van der Waals surface area contributed by atoms with Crippen molar-refractivity contribution in [2.75, 3.05) is 6.61 Å². The van der Waals surface area contributed by atoms with Crippen LogP contribution in [-0.4, -0.2) is 24.3 Å². The topological polar surface area (TPSA) is 45.0 Å². The summed E-state index contributed by atoms with van der Waals surface area (Å²) >= 11 is 0. The maximum absolute atomic E-state index is 9.22. The van der Waals surface area contributed by atoms with Gasteiger partial charge in [-0.25, -0.2) is 0 Å². The van der Waals surface area contributed by atoms with Crippen LogP contribution in [0.15, 0.2) is 0 Å².